The third kappa shape index (κ3) is 3.79. The maximum Gasteiger partial charge on any atom is 0.263 e. The second kappa shape index (κ2) is 7.53. The van der Waals surface area contributed by atoms with E-state index in [2.05, 4.69) is 9.88 Å². The zero-order valence-electron chi connectivity index (χ0n) is 13.6. The lowest BCUT2D eigenvalue weighted by molar-refractivity contribution is -0.138. The number of hydrogen-bond acceptors (Lipinski definition) is 4. The van der Waals surface area contributed by atoms with Gasteiger partial charge in [-0.15, -0.1) is 0 Å². The van der Waals surface area contributed by atoms with Crippen molar-refractivity contribution in [3.8, 4) is 5.75 Å². The van der Waals surface area contributed by atoms with Gasteiger partial charge in [0.15, 0.2) is 6.10 Å². The number of para-hydroxylation sites is 1. The minimum atomic E-state index is -0.564. The lowest BCUT2D eigenvalue weighted by Gasteiger charge is -2.36. The molecule has 5 nitrogen and oxygen atoms in total. The first-order valence-corrected chi connectivity index (χ1v) is 8.39. The molecule has 126 valence electrons. The number of benzene rings is 1. The molecule has 1 aromatic heterocycles. The number of nitrogens with zero attached hydrogens (tertiary/aromatic N) is 3. The topological polar surface area (TPSA) is 45.7 Å². The van der Waals surface area contributed by atoms with Crippen LogP contribution in [0.5, 0.6) is 5.75 Å². The molecule has 0 radical (unpaired) electrons. The molecule has 0 N–H and O–H groups in total. The minimum Gasteiger partial charge on any atom is -0.479 e. The van der Waals surface area contributed by atoms with Crippen molar-refractivity contribution in [1.82, 2.24) is 9.88 Å². The summed E-state index contributed by atoms with van der Waals surface area (Å²) in [5.41, 5.74) is 0. The maximum atomic E-state index is 12.6. The van der Waals surface area contributed by atoms with Gasteiger partial charge >= 0.3 is 0 Å². The minimum absolute atomic E-state index is 0.0180. The van der Waals surface area contributed by atoms with Crippen molar-refractivity contribution in [3.05, 3.63) is 53.7 Å². The molecule has 1 atom stereocenters. The molecule has 0 spiro atoms. The number of piperazine rings is 1. The van der Waals surface area contributed by atoms with Gasteiger partial charge in [-0.3, -0.25) is 4.79 Å². The fourth-order valence-corrected chi connectivity index (χ4v) is 2.92. The normalized spacial score (nSPS) is 15.9. The number of carbonyl (C=O) groups excluding carboxylic acids is 1. The van der Waals surface area contributed by atoms with Crippen LogP contribution in [0.3, 0.4) is 0 Å². The van der Waals surface area contributed by atoms with Gasteiger partial charge in [-0.25, -0.2) is 4.98 Å². The highest BCUT2D eigenvalue weighted by Gasteiger charge is 2.26. The summed E-state index contributed by atoms with van der Waals surface area (Å²) >= 11 is 6.08. The van der Waals surface area contributed by atoms with Crippen molar-refractivity contribution in [1.29, 1.82) is 0 Å². The quantitative estimate of drug-likeness (QED) is 0.854. The molecular formula is C18H20ClN3O2. The van der Waals surface area contributed by atoms with E-state index in [0.29, 0.717) is 23.9 Å². The summed E-state index contributed by atoms with van der Waals surface area (Å²) in [6, 6.07) is 13.0. The van der Waals surface area contributed by atoms with Crippen molar-refractivity contribution in [3.63, 3.8) is 0 Å². The van der Waals surface area contributed by atoms with E-state index in [-0.39, 0.29) is 5.91 Å². The Balaban J connectivity index is 1.56. The van der Waals surface area contributed by atoms with Crippen molar-refractivity contribution in [2.45, 2.75) is 13.0 Å². The van der Waals surface area contributed by atoms with E-state index in [1.165, 1.54) is 0 Å². The number of hydrogen-bond donors (Lipinski definition) is 0. The molecule has 0 bridgehead atoms. The molecule has 1 aliphatic rings. The molecule has 0 saturated carbocycles. The summed E-state index contributed by atoms with van der Waals surface area (Å²) in [6.07, 6.45) is 1.22. The van der Waals surface area contributed by atoms with Crippen LogP contribution in [-0.4, -0.2) is 48.1 Å². The van der Waals surface area contributed by atoms with E-state index in [1.54, 1.807) is 25.3 Å². The number of rotatable bonds is 4. The average Bonchev–Trinajstić information content (AvgIpc) is 2.64. The Bertz CT molecular complexity index is 688. The molecule has 6 heteroatoms. The zero-order valence-corrected chi connectivity index (χ0v) is 14.3. The Labute approximate surface area is 146 Å². The van der Waals surface area contributed by atoms with Crippen LogP contribution in [0.4, 0.5) is 5.82 Å². The van der Waals surface area contributed by atoms with Gasteiger partial charge in [0.25, 0.3) is 5.91 Å². The highest BCUT2D eigenvalue weighted by Crippen LogP contribution is 2.24. The summed E-state index contributed by atoms with van der Waals surface area (Å²) < 4.78 is 5.72. The summed E-state index contributed by atoms with van der Waals surface area (Å²) in [5, 5.41) is 0.511. The second-order valence-corrected chi connectivity index (χ2v) is 6.10. The van der Waals surface area contributed by atoms with Crippen LogP contribution in [0.2, 0.25) is 5.02 Å². The van der Waals surface area contributed by atoms with Crippen LogP contribution in [0.15, 0.2) is 48.7 Å². The second-order valence-electron chi connectivity index (χ2n) is 5.69. The van der Waals surface area contributed by atoms with Crippen LogP contribution >= 0.6 is 11.6 Å². The number of carbonyl (C=O) groups is 1. The Morgan fingerprint density at radius 3 is 2.50 bits per heavy atom. The fourth-order valence-electron chi connectivity index (χ4n) is 2.74. The van der Waals surface area contributed by atoms with Crippen molar-refractivity contribution in [2.75, 3.05) is 31.1 Å². The highest BCUT2D eigenvalue weighted by molar-refractivity contribution is 6.32. The summed E-state index contributed by atoms with van der Waals surface area (Å²) in [5.74, 6) is 1.47. The molecule has 0 aliphatic carbocycles. The van der Waals surface area contributed by atoms with Crippen molar-refractivity contribution in [2.24, 2.45) is 0 Å². The molecule has 2 heterocycles. The van der Waals surface area contributed by atoms with Crippen LogP contribution in [-0.2, 0) is 4.79 Å². The van der Waals surface area contributed by atoms with Gasteiger partial charge in [-0.2, -0.15) is 0 Å². The summed E-state index contributed by atoms with van der Waals surface area (Å²) in [7, 11) is 0. The summed E-state index contributed by atoms with van der Waals surface area (Å²) in [6.45, 7) is 4.61. The first-order chi connectivity index (χ1) is 11.6. The van der Waals surface area contributed by atoms with Crippen LogP contribution < -0.4 is 9.64 Å². The molecule has 0 unspecified atom stereocenters. The third-order valence-electron chi connectivity index (χ3n) is 4.05. The first kappa shape index (κ1) is 16.6. The molecule has 3 rings (SSSR count). The van der Waals surface area contributed by atoms with Gasteiger partial charge in [-0.05, 0) is 31.2 Å². The molecule has 1 saturated heterocycles. The predicted octanol–water partition coefficient (Wildman–Crippen LogP) is 2.85. The summed E-state index contributed by atoms with van der Waals surface area (Å²) in [4.78, 5) is 21.0. The largest absolute Gasteiger partial charge is 0.479 e. The monoisotopic (exact) mass is 345 g/mol. The van der Waals surface area contributed by atoms with Crippen molar-refractivity contribution >= 4 is 23.3 Å². The number of aromatic nitrogens is 1. The average molecular weight is 346 g/mol. The lowest BCUT2D eigenvalue weighted by Crippen LogP contribution is -2.52. The van der Waals surface area contributed by atoms with Crippen LogP contribution in [0, 0.1) is 0 Å². The first-order valence-electron chi connectivity index (χ1n) is 8.01. The van der Waals surface area contributed by atoms with E-state index in [4.69, 9.17) is 16.3 Å². The fraction of sp³-hybridized carbons (Fsp3) is 0.333. The van der Waals surface area contributed by atoms with E-state index in [1.807, 2.05) is 35.2 Å². The van der Waals surface area contributed by atoms with Crippen LogP contribution in [0.25, 0.3) is 0 Å². The zero-order chi connectivity index (χ0) is 16.9. The standard InChI is InChI=1S/C18H20ClN3O2/c1-14(24-16-7-3-2-6-15(16)19)18(23)22-12-10-21(11-13-22)17-8-4-5-9-20-17/h2-9,14H,10-13H2,1H3/t14-/m1/s1. The van der Waals surface area contributed by atoms with Gasteiger partial charge in [-0.1, -0.05) is 29.8 Å². The van der Waals surface area contributed by atoms with Gasteiger partial charge in [0.2, 0.25) is 0 Å². The number of amides is 1. The van der Waals surface area contributed by atoms with E-state index >= 15 is 0 Å². The molecular weight excluding hydrogens is 326 g/mol. The lowest BCUT2D eigenvalue weighted by atomic mass is 10.2. The number of ether oxygens (including phenoxy) is 1. The van der Waals surface area contributed by atoms with Gasteiger partial charge in [0.05, 0.1) is 5.02 Å². The van der Waals surface area contributed by atoms with Crippen LogP contribution in [0.1, 0.15) is 6.92 Å². The Morgan fingerprint density at radius 1 is 1.12 bits per heavy atom. The smallest absolute Gasteiger partial charge is 0.263 e. The van der Waals surface area contributed by atoms with Crippen molar-refractivity contribution < 1.29 is 9.53 Å². The number of halogens is 1. The van der Waals surface area contributed by atoms with E-state index in [0.717, 1.165) is 18.9 Å². The number of pyridine rings is 1. The Morgan fingerprint density at radius 2 is 1.83 bits per heavy atom. The molecule has 24 heavy (non-hydrogen) atoms. The Hall–Kier alpha value is -2.27. The third-order valence-corrected chi connectivity index (χ3v) is 4.37. The van der Waals surface area contributed by atoms with Gasteiger partial charge in [0.1, 0.15) is 11.6 Å². The maximum absolute atomic E-state index is 12.6. The van der Waals surface area contributed by atoms with E-state index in [9.17, 15) is 4.79 Å². The molecule has 1 amide bonds. The SMILES string of the molecule is C[C@@H](Oc1ccccc1Cl)C(=O)N1CCN(c2ccccn2)CC1. The van der Waals surface area contributed by atoms with Gasteiger partial charge < -0.3 is 14.5 Å². The van der Waals surface area contributed by atoms with E-state index < -0.39 is 6.10 Å². The highest BCUT2D eigenvalue weighted by atomic mass is 35.5. The molecule has 1 aliphatic heterocycles. The van der Waals surface area contributed by atoms with Gasteiger partial charge in [0, 0.05) is 32.4 Å². The Kier molecular flexibility index (Phi) is 5.20. The molecule has 1 aromatic carbocycles. The predicted molar refractivity (Wildman–Crippen MR) is 94.6 cm³/mol. The number of anilines is 1. The molecule has 2 aromatic rings. The molecule has 1 fully saturated rings.